The van der Waals surface area contributed by atoms with Gasteiger partial charge in [-0.2, -0.15) is 0 Å². The quantitative estimate of drug-likeness (QED) is 0.765. The Morgan fingerprint density at radius 3 is 2.75 bits per heavy atom. The Kier molecular flexibility index (Phi) is 4.13. The van der Waals surface area contributed by atoms with Gasteiger partial charge in [-0.1, -0.05) is 6.92 Å². The smallest absolute Gasteiger partial charge is 0.336 e. The second kappa shape index (κ2) is 5.52. The first-order valence-electron chi connectivity index (χ1n) is 6.95. The van der Waals surface area contributed by atoms with Crippen molar-refractivity contribution >= 4 is 11.9 Å². The largest absolute Gasteiger partial charge is 0.456 e. The fourth-order valence-electron chi connectivity index (χ4n) is 2.65. The molecule has 2 aliphatic heterocycles. The van der Waals surface area contributed by atoms with Crippen molar-refractivity contribution in [3.05, 3.63) is 11.3 Å². The number of esters is 1. The van der Waals surface area contributed by atoms with E-state index in [1.54, 1.807) is 13.8 Å². The summed E-state index contributed by atoms with van der Waals surface area (Å²) in [6.07, 6.45) is -0.789. The molecule has 0 aliphatic carbocycles. The molecule has 0 aromatic rings. The van der Waals surface area contributed by atoms with E-state index in [-0.39, 0.29) is 19.1 Å². The Morgan fingerprint density at radius 1 is 1.50 bits per heavy atom. The molecule has 0 saturated carbocycles. The lowest BCUT2D eigenvalue weighted by Crippen LogP contribution is -2.43. The van der Waals surface area contributed by atoms with Crippen molar-refractivity contribution in [3.8, 4) is 0 Å². The minimum atomic E-state index is -1.24. The predicted molar refractivity (Wildman–Crippen MR) is 71.5 cm³/mol. The number of alkyl halides is 1. The van der Waals surface area contributed by atoms with E-state index >= 15 is 0 Å². The highest BCUT2D eigenvalue weighted by molar-refractivity contribution is 5.94. The molecular formula is C14H21FN2O3. The monoisotopic (exact) mass is 284 g/mol. The van der Waals surface area contributed by atoms with E-state index in [9.17, 15) is 14.0 Å². The Balaban J connectivity index is 2.15. The Bertz CT molecular complexity index is 463. The third kappa shape index (κ3) is 2.32. The van der Waals surface area contributed by atoms with Crippen LogP contribution in [0.15, 0.2) is 11.3 Å². The highest BCUT2D eigenvalue weighted by atomic mass is 19.1. The normalized spacial score (nSPS) is 28.3. The second-order valence-corrected chi connectivity index (χ2v) is 5.55. The van der Waals surface area contributed by atoms with Crippen LogP contribution in [0, 0.1) is 5.41 Å². The number of rotatable bonds is 5. The molecule has 0 aromatic carbocycles. The van der Waals surface area contributed by atoms with Crippen LogP contribution in [-0.2, 0) is 14.3 Å². The first-order chi connectivity index (χ1) is 9.41. The number of cyclic esters (lactones) is 1. The van der Waals surface area contributed by atoms with Crippen LogP contribution in [0.5, 0.6) is 0 Å². The van der Waals surface area contributed by atoms with Crippen molar-refractivity contribution in [2.24, 2.45) is 5.41 Å². The number of hydrogen-bond acceptors (Lipinski definition) is 4. The van der Waals surface area contributed by atoms with Crippen molar-refractivity contribution in [2.75, 3.05) is 26.2 Å². The van der Waals surface area contributed by atoms with Crippen LogP contribution in [0.25, 0.3) is 0 Å². The van der Waals surface area contributed by atoms with Gasteiger partial charge in [0.25, 0.3) is 0 Å². The van der Waals surface area contributed by atoms with Gasteiger partial charge in [0, 0.05) is 13.1 Å². The molecule has 0 spiro atoms. The summed E-state index contributed by atoms with van der Waals surface area (Å²) in [5, 5.41) is 2.93. The van der Waals surface area contributed by atoms with Crippen molar-refractivity contribution in [1.29, 1.82) is 0 Å². The van der Waals surface area contributed by atoms with Crippen LogP contribution in [-0.4, -0.2) is 49.2 Å². The van der Waals surface area contributed by atoms with E-state index in [4.69, 9.17) is 4.74 Å². The second-order valence-electron chi connectivity index (χ2n) is 5.55. The number of hydrogen-bond donors (Lipinski definition) is 1. The number of amides is 1. The molecule has 2 rings (SSSR count). The summed E-state index contributed by atoms with van der Waals surface area (Å²) in [6, 6.07) is 0. The highest BCUT2D eigenvalue weighted by Crippen LogP contribution is 2.39. The molecule has 1 fully saturated rings. The van der Waals surface area contributed by atoms with E-state index in [1.165, 1.54) is 4.90 Å². The zero-order valence-corrected chi connectivity index (χ0v) is 12.2. The predicted octanol–water partition coefficient (Wildman–Crippen LogP) is 1.00. The van der Waals surface area contributed by atoms with E-state index in [2.05, 4.69) is 5.32 Å². The number of nitrogens with one attached hydrogen (secondary N) is 1. The maximum absolute atomic E-state index is 14.3. The number of carbonyl (C=O) groups is 2. The fraction of sp³-hybridized carbons (Fsp3) is 0.714. The lowest BCUT2D eigenvalue weighted by atomic mass is 9.83. The Labute approximate surface area is 118 Å². The average Bonchev–Trinajstić information content (AvgIpc) is 2.91. The average molecular weight is 284 g/mol. The molecule has 1 amide bonds. The lowest BCUT2D eigenvalue weighted by Gasteiger charge is -2.27. The third-order valence-corrected chi connectivity index (χ3v) is 4.26. The number of ether oxygens (including phenoxy) is 1. The summed E-state index contributed by atoms with van der Waals surface area (Å²) < 4.78 is 19.3. The van der Waals surface area contributed by atoms with Gasteiger partial charge in [-0.05, 0) is 26.8 Å². The van der Waals surface area contributed by atoms with E-state index in [0.717, 1.165) is 0 Å². The van der Waals surface area contributed by atoms with E-state index in [0.29, 0.717) is 30.8 Å². The molecule has 0 radical (unpaired) electrons. The lowest BCUT2D eigenvalue weighted by molar-refractivity contribution is -0.138. The SMILES string of the molecule is CCNC[C@@H](F)[C@]1(C)CCN(C2=C(C)C(=O)OC2)C1=O. The van der Waals surface area contributed by atoms with Gasteiger partial charge in [-0.15, -0.1) is 0 Å². The molecule has 1 N–H and O–H groups in total. The number of likely N-dealkylation sites (tertiary alicyclic amines) is 1. The molecule has 2 aliphatic rings. The molecule has 5 nitrogen and oxygen atoms in total. The first kappa shape index (κ1) is 15.0. The van der Waals surface area contributed by atoms with Gasteiger partial charge in [0.05, 0.1) is 16.7 Å². The van der Waals surface area contributed by atoms with Crippen LogP contribution >= 0.6 is 0 Å². The Hall–Kier alpha value is -1.43. The van der Waals surface area contributed by atoms with Crippen LogP contribution in [0.3, 0.4) is 0 Å². The molecule has 112 valence electrons. The molecule has 0 unspecified atom stereocenters. The summed E-state index contributed by atoms with van der Waals surface area (Å²) in [6.45, 7) is 6.57. The highest BCUT2D eigenvalue weighted by Gasteiger charge is 2.50. The summed E-state index contributed by atoms with van der Waals surface area (Å²) in [4.78, 5) is 25.4. The molecule has 20 heavy (non-hydrogen) atoms. The summed E-state index contributed by atoms with van der Waals surface area (Å²) in [7, 11) is 0. The van der Waals surface area contributed by atoms with Gasteiger partial charge in [-0.25, -0.2) is 9.18 Å². The van der Waals surface area contributed by atoms with Gasteiger partial charge in [-0.3, -0.25) is 4.79 Å². The number of carbonyl (C=O) groups excluding carboxylic acids is 2. The van der Waals surface area contributed by atoms with E-state index in [1.807, 2.05) is 6.92 Å². The van der Waals surface area contributed by atoms with Crippen molar-refractivity contribution in [2.45, 2.75) is 33.4 Å². The van der Waals surface area contributed by atoms with Gasteiger partial charge < -0.3 is 15.0 Å². The molecule has 2 atom stereocenters. The fourth-order valence-corrected chi connectivity index (χ4v) is 2.65. The van der Waals surface area contributed by atoms with Crippen LogP contribution in [0.1, 0.15) is 27.2 Å². The standard InChI is InChI=1S/C14H21FN2O3/c1-4-16-7-11(15)14(3)5-6-17(13(14)19)10-8-20-12(18)9(10)2/h11,16H,4-8H2,1-3H3/t11-,14+/m1/s1. The van der Waals surface area contributed by atoms with Gasteiger partial charge in [0.2, 0.25) is 5.91 Å². The maximum atomic E-state index is 14.3. The number of nitrogens with zero attached hydrogens (tertiary/aromatic N) is 1. The zero-order valence-electron chi connectivity index (χ0n) is 12.2. The minimum absolute atomic E-state index is 0.108. The Morgan fingerprint density at radius 2 is 2.20 bits per heavy atom. The third-order valence-electron chi connectivity index (χ3n) is 4.26. The van der Waals surface area contributed by atoms with Crippen molar-refractivity contribution < 1.29 is 18.7 Å². The first-order valence-corrected chi connectivity index (χ1v) is 6.95. The summed E-state index contributed by atoms with van der Waals surface area (Å²) >= 11 is 0. The zero-order chi connectivity index (χ0) is 14.9. The summed E-state index contributed by atoms with van der Waals surface area (Å²) in [5.41, 5.74) is 0.00484. The molecule has 2 heterocycles. The molecule has 6 heteroatoms. The molecule has 1 saturated heterocycles. The van der Waals surface area contributed by atoms with Gasteiger partial charge in [0.15, 0.2) is 0 Å². The van der Waals surface area contributed by atoms with Gasteiger partial charge in [0.1, 0.15) is 12.8 Å². The maximum Gasteiger partial charge on any atom is 0.336 e. The topological polar surface area (TPSA) is 58.6 Å². The van der Waals surface area contributed by atoms with Crippen molar-refractivity contribution in [3.63, 3.8) is 0 Å². The molecule has 0 aromatic heterocycles. The van der Waals surface area contributed by atoms with Crippen LogP contribution in [0.2, 0.25) is 0 Å². The van der Waals surface area contributed by atoms with Crippen LogP contribution < -0.4 is 5.32 Å². The summed E-state index contributed by atoms with van der Waals surface area (Å²) in [5.74, 6) is -0.651. The molecular weight excluding hydrogens is 263 g/mol. The van der Waals surface area contributed by atoms with Crippen LogP contribution in [0.4, 0.5) is 4.39 Å². The molecule has 0 bridgehead atoms. The van der Waals surface area contributed by atoms with Crippen molar-refractivity contribution in [1.82, 2.24) is 10.2 Å². The minimum Gasteiger partial charge on any atom is -0.456 e. The van der Waals surface area contributed by atoms with E-state index < -0.39 is 17.6 Å². The van der Waals surface area contributed by atoms with Gasteiger partial charge >= 0.3 is 5.97 Å². The number of halogens is 1.